The average molecular weight is 433 g/mol. The van der Waals surface area contributed by atoms with Gasteiger partial charge in [-0.15, -0.1) is 0 Å². The average Bonchev–Trinajstić information content (AvgIpc) is 2.80. The van der Waals surface area contributed by atoms with E-state index in [9.17, 15) is 0 Å². The summed E-state index contributed by atoms with van der Waals surface area (Å²) in [5, 5.41) is 0. The van der Waals surface area contributed by atoms with Crippen LogP contribution in [0.25, 0.3) is 0 Å². The smallest absolute Gasteiger partial charge is 0.480 e. The van der Waals surface area contributed by atoms with Crippen molar-refractivity contribution in [2.75, 3.05) is 0 Å². The summed E-state index contributed by atoms with van der Waals surface area (Å²) in [6.07, 6.45) is 9.38. The fourth-order valence-corrected chi connectivity index (χ4v) is 5.39. The third-order valence-corrected chi connectivity index (χ3v) is 7.01. The van der Waals surface area contributed by atoms with Crippen LogP contribution in [0.15, 0.2) is 103 Å². The zero-order valence-corrected chi connectivity index (χ0v) is 19.3. The van der Waals surface area contributed by atoms with E-state index < -0.39 is 8.80 Å². The lowest BCUT2D eigenvalue weighted by Gasteiger charge is -2.28. The number of unbranched alkanes of at least 4 members (excludes halogenated alkanes) is 5. The third kappa shape index (κ3) is 7.98. The lowest BCUT2D eigenvalue weighted by Crippen LogP contribution is -2.53. The first-order valence-corrected chi connectivity index (χ1v) is 13.0. The number of para-hydroxylation sites is 3. The van der Waals surface area contributed by atoms with E-state index in [1.165, 1.54) is 25.7 Å². The molecule has 0 amide bonds. The van der Waals surface area contributed by atoms with Gasteiger partial charge in [0.25, 0.3) is 0 Å². The van der Waals surface area contributed by atoms with Gasteiger partial charge in [-0.2, -0.15) is 0 Å². The molecule has 0 fully saturated rings. The van der Waals surface area contributed by atoms with Gasteiger partial charge in [0.1, 0.15) is 17.2 Å². The Morgan fingerprint density at radius 1 is 0.581 bits per heavy atom. The highest BCUT2D eigenvalue weighted by Gasteiger charge is 2.46. The van der Waals surface area contributed by atoms with E-state index >= 15 is 0 Å². The van der Waals surface area contributed by atoms with Gasteiger partial charge in [-0.25, -0.2) is 0 Å². The molecule has 3 aromatic carbocycles. The molecule has 0 spiro atoms. The normalized spacial score (nSPS) is 11.4. The SMILES string of the molecule is CCCCCCC/C=C/[Si](Oc1ccccc1)(Oc1ccccc1)Oc1ccccc1. The Bertz CT molecular complexity index is 781. The van der Waals surface area contributed by atoms with Crippen molar-refractivity contribution in [1.82, 2.24) is 0 Å². The van der Waals surface area contributed by atoms with E-state index in [1.807, 2.05) is 96.7 Å². The number of hydrogen-bond acceptors (Lipinski definition) is 3. The van der Waals surface area contributed by atoms with E-state index in [0.717, 1.165) is 30.1 Å². The largest absolute Gasteiger partial charge is 0.729 e. The van der Waals surface area contributed by atoms with Gasteiger partial charge in [-0.05, 0) is 49.2 Å². The minimum atomic E-state index is -3.27. The Kier molecular flexibility index (Phi) is 9.26. The molecule has 0 aliphatic rings. The van der Waals surface area contributed by atoms with Crippen molar-refractivity contribution < 1.29 is 13.3 Å². The molecule has 3 rings (SSSR count). The first-order chi connectivity index (χ1) is 15.3. The monoisotopic (exact) mass is 432 g/mol. The van der Waals surface area contributed by atoms with E-state index in [2.05, 4.69) is 13.0 Å². The predicted molar refractivity (Wildman–Crippen MR) is 129 cm³/mol. The van der Waals surface area contributed by atoms with Crippen LogP contribution >= 0.6 is 0 Å². The molecule has 0 saturated carbocycles. The van der Waals surface area contributed by atoms with E-state index in [4.69, 9.17) is 13.3 Å². The quantitative estimate of drug-likeness (QED) is 0.205. The van der Waals surface area contributed by atoms with Crippen LogP contribution in [-0.2, 0) is 0 Å². The molecule has 0 aliphatic carbocycles. The summed E-state index contributed by atoms with van der Waals surface area (Å²) in [5.41, 5.74) is 2.03. The fourth-order valence-electron chi connectivity index (χ4n) is 3.22. The Morgan fingerprint density at radius 3 is 1.42 bits per heavy atom. The molecule has 0 N–H and O–H groups in total. The first-order valence-electron chi connectivity index (χ1n) is 11.2. The minimum Gasteiger partial charge on any atom is -0.480 e. The highest BCUT2D eigenvalue weighted by atomic mass is 28.4. The lowest BCUT2D eigenvalue weighted by atomic mass is 10.1. The molecule has 0 unspecified atom stereocenters. The molecule has 0 saturated heterocycles. The van der Waals surface area contributed by atoms with Crippen molar-refractivity contribution in [2.24, 2.45) is 0 Å². The molecule has 31 heavy (non-hydrogen) atoms. The topological polar surface area (TPSA) is 27.7 Å². The Morgan fingerprint density at radius 2 is 1.00 bits per heavy atom. The molecule has 0 aromatic heterocycles. The van der Waals surface area contributed by atoms with E-state index in [-0.39, 0.29) is 0 Å². The van der Waals surface area contributed by atoms with Crippen LogP contribution in [0.4, 0.5) is 0 Å². The zero-order chi connectivity index (χ0) is 21.6. The highest BCUT2D eigenvalue weighted by molar-refractivity contribution is 6.68. The number of benzene rings is 3. The summed E-state index contributed by atoms with van der Waals surface area (Å²) < 4.78 is 19.4. The summed E-state index contributed by atoms with van der Waals surface area (Å²) in [5.74, 6) is 2.19. The van der Waals surface area contributed by atoms with Crippen molar-refractivity contribution in [3.05, 3.63) is 103 Å². The Hall–Kier alpha value is -2.98. The molecular weight excluding hydrogens is 400 g/mol. The van der Waals surface area contributed by atoms with Gasteiger partial charge in [0, 0.05) is 5.70 Å². The van der Waals surface area contributed by atoms with Gasteiger partial charge in [0.2, 0.25) is 0 Å². The summed E-state index contributed by atoms with van der Waals surface area (Å²) in [6, 6.07) is 29.2. The molecule has 0 aliphatic heterocycles. The van der Waals surface area contributed by atoms with Crippen molar-refractivity contribution in [2.45, 2.75) is 45.4 Å². The number of hydrogen-bond donors (Lipinski definition) is 0. The molecule has 162 valence electrons. The Labute approximate surface area is 187 Å². The number of rotatable bonds is 13. The maximum absolute atomic E-state index is 6.46. The van der Waals surface area contributed by atoms with Gasteiger partial charge in [-0.1, -0.05) is 93.3 Å². The van der Waals surface area contributed by atoms with Crippen LogP contribution in [0.1, 0.15) is 45.4 Å². The van der Waals surface area contributed by atoms with Crippen molar-refractivity contribution in [3.63, 3.8) is 0 Å². The summed E-state index contributed by atoms with van der Waals surface area (Å²) in [4.78, 5) is 0. The van der Waals surface area contributed by atoms with Gasteiger partial charge in [0.15, 0.2) is 0 Å². The van der Waals surface area contributed by atoms with Crippen molar-refractivity contribution in [1.29, 1.82) is 0 Å². The second-order valence-corrected chi connectivity index (χ2v) is 9.61. The van der Waals surface area contributed by atoms with Crippen LogP contribution in [-0.4, -0.2) is 8.80 Å². The second-order valence-electron chi connectivity index (χ2n) is 7.45. The molecule has 3 aromatic rings. The lowest BCUT2D eigenvalue weighted by molar-refractivity contribution is 0.279. The van der Waals surface area contributed by atoms with Gasteiger partial charge in [-0.3, -0.25) is 0 Å². The second kappa shape index (κ2) is 12.7. The van der Waals surface area contributed by atoms with Crippen LogP contribution in [0.5, 0.6) is 17.2 Å². The maximum Gasteiger partial charge on any atom is 0.729 e. The number of allylic oxidation sites excluding steroid dienone is 1. The highest BCUT2D eigenvalue weighted by Crippen LogP contribution is 2.25. The molecule has 4 heteroatoms. The molecule has 0 bridgehead atoms. The third-order valence-electron chi connectivity index (χ3n) is 4.81. The summed E-state index contributed by atoms with van der Waals surface area (Å²) >= 11 is 0. The molecule has 0 radical (unpaired) electrons. The summed E-state index contributed by atoms with van der Waals surface area (Å²) in [7, 11) is -3.27. The standard InChI is InChI=1S/C27H32O3Si/c1-2-3-4-5-6-7-17-24-31(28-25-18-11-8-12-19-25,29-26-20-13-9-14-21-26)30-27-22-15-10-16-23-27/h8-24H,2-7H2,1H3/b24-17+. The molecular formula is C27H32O3Si. The van der Waals surface area contributed by atoms with Crippen LogP contribution in [0.2, 0.25) is 0 Å². The molecule has 0 heterocycles. The van der Waals surface area contributed by atoms with Crippen LogP contribution in [0.3, 0.4) is 0 Å². The Balaban J connectivity index is 1.85. The fraction of sp³-hybridized carbons (Fsp3) is 0.259. The van der Waals surface area contributed by atoms with E-state index in [1.54, 1.807) is 0 Å². The van der Waals surface area contributed by atoms with Crippen molar-refractivity contribution in [3.8, 4) is 17.2 Å². The molecule has 3 nitrogen and oxygen atoms in total. The predicted octanol–water partition coefficient (Wildman–Crippen LogP) is 7.62. The van der Waals surface area contributed by atoms with Gasteiger partial charge < -0.3 is 13.3 Å². The van der Waals surface area contributed by atoms with Crippen LogP contribution in [0, 0.1) is 0 Å². The van der Waals surface area contributed by atoms with Crippen LogP contribution < -0.4 is 13.3 Å². The first kappa shape index (κ1) is 22.7. The van der Waals surface area contributed by atoms with Gasteiger partial charge >= 0.3 is 8.80 Å². The van der Waals surface area contributed by atoms with E-state index in [0.29, 0.717) is 0 Å². The molecule has 0 atom stereocenters. The maximum atomic E-state index is 6.46. The van der Waals surface area contributed by atoms with Crippen molar-refractivity contribution >= 4 is 8.80 Å². The minimum absolute atomic E-state index is 0.730. The zero-order valence-electron chi connectivity index (χ0n) is 18.3. The van der Waals surface area contributed by atoms with Gasteiger partial charge in [0.05, 0.1) is 0 Å². The summed E-state index contributed by atoms with van der Waals surface area (Å²) in [6.45, 7) is 2.24.